The number of ether oxygens (including phenoxy) is 1. The topological polar surface area (TPSA) is 55.4 Å². The van der Waals surface area contributed by atoms with Gasteiger partial charge in [-0.1, -0.05) is 43.3 Å². The SMILES string of the molecule is CC[C@@H](CNC(=O)[C@@H](C)OC(=O)/C=C/c1cccs1)c1ccccc1. The zero-order valence-corrected chi connectivity index (χ0v) is 15.3. The minimum Gasteiger partial charge on any atom is -0.449 e. The summed E-state index contributed by atoms with van der Waals surface area (Å²) < 4.78 is 5.15. The highest BCUT2D eigenvalue weighted by Gasteiger charge is 2.18. The molecule has 5 heteroatoms. The van der Waals surface area contributed by atoms with Crippen LogP contribution in [0, 0.1) is 0 Å². The van der Waals surface area contributed by atoms with Crippen molar-refractivity contribution >= 4 is 29.3 Å². The zero-order chi connectivity index (χ0) is 18.1. The fourth-order valence-electron chi connectivity index (χ4n) is 2.39. The minimum atomic E-state index is -0.825. The normalized spacial score (nSPS) is 13.4. The molecular weight excluding hydrogens is 334 g/mol. The first-order valence-corrected chi connectivity index (χ1v) is 9.23. The van der Waals surface area contributed by atoms with Crippen molar-refractivity contribution in [3.05, 3.63) is 64.4 Å². The molecule has 1 heterocycles. The maximum atomic E-state index is 12.2. The van der Waals surface area contributed by atoms with Crippen molar-refractivity contribution in [1.29, 1.82) is 0 Å². The smallest absolute Gasteiger partial charge is 0.331 e. The molecular formula is C20H23NO3S. The molecule has 0 saturated heterocycles. The third-order valence-corrected chi connectivity index (χ3v) is 4.71. The molecule has 2 rings (SSSR count). The summed E-state index contributed by atoms with van der Waals surface area (Å²) >= 11 is 1.53. The molecule has 132 valence electrons. The number of thiophene rings is 1. The molecule has 0 radical (unpaired) electrons. The summed E-state index contributed by atoms with van der Waals surface area (Å²) in [4.78, 5) is 24.9. The summed E-state index contributed by atoms with van der Waals surface area (Å²) in [6.45, 7) is 4.19. The van der Waals surface area contributed by atoms with Crippen molar-refractivity contribution in [3.63, 3.8) is 0 Å². The quantitative estimate of drug-likeness (QED) is 0.574. The summed E-state index contributed by atoms with van der Waals surface area (Å²) in [6, 6.07) is 13.9. The van der Waals surface area contributed by atoms with Crippen LogP contribution in [0.15, 0.2) is 53.9 Å². The van der Waals surface area contributed by atoms with E-state index in [1.165, 1.54) is 23.0 Å². The van der Waals surface area contributed by atoms with E-state index in [0.717, 1.165) is 11.3 Å². The molecule has 0 bridgehead atoms. The average molecular weight is 357 g/mol. The summed E-state index contributed by atoms with van der Waals surface area (Å²) in [7, 11) is 0. The third kappa shape index (κ3) is 6.19. The second-order valence-electron chi connectivity index (χ2n) is 5.69. The van der Waals surface area contributed by atoms with Crippen LogP contribution in [0.3, 0.4) is 0 Å². The van der Waals surface area contributed by atoms with Gasteiger partial charge in [-0.25, -0.2) is 4.79 Å². The Kier molecular flexibility index (Phi) is 7.41. The molecule has 0 aliphatic rings. The van der Waals surface area contributed by atoms with Crippen LogP contribution < -0.4 is 5.32 Å². The minimum absolute atomic E-state index is 0.242. The van der Waals surface area contributed by atoms with Crippen LogP contribution in [0.25, 0.3) is 6.08 Å². The van der Waals surface area contributed by atoms with Gasteiger partial charge in [0, 0.05) is 23.4 Å². The zero-order valence-electron chi connectivity index (χ0n) is 14.5. The average Bonchev–Trinajstić information content (AvgIpc) is 3.14. The lowest BCUT2D eigenvalue weighted by Crippen LogP contribution is -2.37. The Morgan fingerprint density at radius 1 is 1.20 bits per heavy atom. The van der Waals surface area contributed by atoms with Crippen molar-refractivity contribution in [2.75, 3.05) is 6.54 Å². The second kappa shape index (κ2) is 9.79. The number of benzene rings is 1. The molecule has 0 aliphatic carbocycles. The maximum Gasteiger partial charge on any atom is 0.331 e. The van der Waals surface area contributed by atoms with Gasteiger partial charge in [0.2, 0.25) is 0 Å². The predicted molar refractivity (Wildman–Crippen MR) is 101 cm³/mol. The first-order chi connectivity index (χ1) is 12.1. The van der Waals surface area contributed by atoms with E-state index in [1.54, 1.807) is 13.0 Å². The molecule has 2 aromatic rings. The van der Waals surface area contributed by atoms with Gasteiger partial charge in [0.05, 0.1) is 0 Å². The highest BCUT2D eigenvalue weighted by molar-refractivity contribution is 7.10. The highest BCUT2D eigenvalue weighted by Crippen LogP contribution is 2.18. The van der Waals surface area contributed by atoms with Crippen molar-refractivity contribution < 1.29 is 14.3 Å². The fourth-order valence-corrected chi connectivity index (χ4v) is 3.01. The lowest BCUT2D eigenvalue weighted by Gasteiger charge is -2.18. The maximum absolute atomic E-state index is 12.2. The number of esters is 1. The van der Waals surface area contributed by atoms with E-state index in [0.29, 0.717) is 6.54 Å². The summed E-state index contributed by atoms with van der Waals surface area (Å²) in [6.07, 6.45) is 3.12. The van der Waals surface area contributed by atoms with Crippen molar-refractivity contribution in [1.82, 2.24) is 5.32 Å². The van der Waals surface area contributed by atoms with Crippen LogP contribution in [-0.2, 0) is 14.3 Å². The van der Waals surface area contributed by atoms with Crippen LogP contribution in [0.4, 0.5) is 0 Å². The molecule has 0 saturated carbocycles. The number of amides is 1. The largest absolute Gasteiger partial charge is 0.449 e. The van der Waals surface area contributed by atoms with Gasteiger partial charge >= 0.3 is 5.97 Å². The van der Waals surface area contributed by atoms with Gasteiger partial charge in [-0.15, -0.1) is 11.3 Å². The van der Waals surface area contributed by atoms with E-state index in [1.807, 2.05) is 35.7 Å². The standard InChI is InChI=1S/C20H23NO3S/c1-3-16(17-8-5-4-6-9-17)14-21-20(23)15(2)24-19(22)12-11-18-10-7-13-25-18/h4-13,15-16H,3,14H2,1-2H3,(H,21,23)/b12-11+/t15-,16+/m1/s1. The molecule has 4 nitrogen and oxygen atoms in total. The molecule has 0 unspecified atom stereocenters. The van der Waals surface area contributed by atoms with E-state index in [4.69, 9.17) is 4.74 Å². The number of carbonyl (C=O) groups is 2. The molecule has 25 heavy (non-hydrogen) atoms. The Hall–Kier alpha value is -2.40. The van der Waals surface area contributed by atoms with Crippen molar-refractivity contribution in [3.8, 4) is 0 Å². The highest BCUT2D eigenvalue weighted by atomic mass is 32.1. The number of rotatable bonds is 8. The van der Waals surface area contributed by atoms with Gasteiger partial charge in [-0.05, 0) is 36.4 Å². The van der Waals surface area contributed by atoms with Crippen molar-refractivity contribution in [2.24, 2.45) is 0 Å². The summed E-state index contributed by atoms with van der Waals surface area (Å²) in [5, 5.41) is 4.80. The second-order valence-corrected chi connectivity index (χ2v) is 6.67. The van der Waals surface area contributed by atoms with E-state index in [2.05, 4.69) is 24.4 Å². The van der Waals surface area contributed by atoms with Crippen LogP contribution in [0.2, 0.25) is 0 Å². The van der Waals surface area contributed by atoms with Gasteiger partial charge in [-0.3, -0.25) is 4.79 Å². The van der Waals surface area contributed by atoms with Gasteiger partial charge in [0.15, 0.2) is 6.10 Å². The van der Waals surface area contributed by atoms with Crippen LogP contribution >= 0.6 is 11.3 Å². The Morgan fingerprint density at radius 2 is 1.96 bits per heavy atom. The van der Waals surface area contributed by atoms with E-state index in [9.17, 15) is 9.59 Å². The summed E-state index contributed by atoms with van der Waals surface area (Å²) in [5.41, 5.74) is 1.19. The Bertz CT molecular complexity index is 695. The Morgan fingerprint density at radius 3 is 2.60 bits per heavy atom. The molecule has 0 spiro atoms. The van der Waals surface area contributed by atoms with Crippen LogP contribution in [-0.4, -0.2) is 24.5 Å². The van der Waals surface area contributed by atoms with Gasteiger partial charge in [-0.2, -0.15) is 0 Å². The Labute approximate surface area is 152 Å². The molecule has 0 fully saturated rings. The first-order valence-electron chi connectivity index (χ1n) is 8.35. The Balaban J connectivity index is 1.80. The number of hydrogen-bond acceptors (Lipinski definition) is 4. The predicted octanol–water partition coefficient (Wildman–Crippen LogP) is 4.00. The lowest BCUT2D eigenvalue weighted by molar-refractivity contribution is -0.150. The fraction of sp³-hybridized carbons (Fsp3) is 0.300. The molecule has 1 aromatic heterocycles. The number of nitrogens with one attached hydrogen (secondary N) is 1. The molecule has 1 N–H and O–H groups in total. The molecule has 1 aromatic carbocycles. The van der Waals surface area contributed by atoms with E-state index < -0.39 is 12.1 Å². The molecule has 2 atom stereocenters. The number of carbonyl (C=O) groups excluding carboxylic acids is 2. The van der Waals surface area contributed by atoms with Gasteiger partial charge in [0.1, 0.15) is 0 Å². The van der Waals surface area contributed by atoms with Crippen LogP contribution in [0.5, 0.6) is 0 Å². The van der Waals surface area contributed by atoms with E-state index >= 15 is 0 Å². The monoisotopic (exact) mass is 357 g/mol. The summed E-state index contributed by atoms with van der Waals surface area (Å²) in [5.74, 6) is -0.565. The van der Waals surface area contributed by atoms with Crippen LogP contribution in [0.1, 0.15) is 36.6 Å². The molecule has 0 aliphatic heterocycles. The van der Waals surface area contributed by atoms with Crippen molar-refractivity contribution in [2.45, 2.75) is 32.3 Å². The van der Waals surface area contributed by atoms with Gasteiger partial charge in [0.25, 0.3) is 5.91 Å². The van der Waals surface area contributed by atoms with E-state index in [-0.39, 0.29) is 11.8 Å². The lowest BCUT2D eigenvalue weighted by atomic mass is 9.96. The first kappa shape index (κ1) is 18.9. The third-order valence-electron chi connectivity index (χ3n) is 3.88. The molecule has 1 amide bonds. The number of hydrogen-bond donors (Lipinski definition) is 1. The van der Waals surface area contributed by atoms with Gasteiger partial charge < -0.3 is 10.1 Å².